The van der Waals surface area contributed by atoms with Gasteiger partial charge < -0.3 is 5.32 Å². The van der Waals surface area contributed by atoms with Crippen LogP contribution in [-0.2, 0) is 6.54 Å². The Morgan fingerprint density at radius 3 is 2.67 bits per heavy atom. The predicted octanol–water partition coefficient (Wildman–Crippen LogP) is 3.54. The lowest BCUT2D eigenvalue weighted by molar-refractivity contribution is -0.670. The minimum atomic E-state index is 1.08. The van der Waals surface area contributed by atoms with Gasteiger partial charge in [0.15, 0.2) is 4.34 Å². The van der Waals surface area contributed by atoms with Gasteiger partial charge in [-0.25, -0.2) is 4.98 Å². The first-order valence-electron chi connectivity index (χ1n) is 7.26. The fraction of sp³-hybridized carbons (Fsp3) is 0.235. The third-order valence-corrected chi connectivity index (χ3v) is 5.54. The van der Waals surface area contributed by atoms with E-state index in [0.717, 1.165) is 17.8 Å². The quantitative estimate of drug-likeness (QED) is 0.534. The molecule has 21 heavy (non-hydrogen) atoms. The number of rotatable bonds is 7. The lowest BCUT2D eigenvalue weighted by Crippen LogP contribution is -2.82. The normalized spacial score (nSPS) is 11.0. The molecule has 0 aliphatic carbocycles. The molecule has 0 atom stereocenters. The monoisotopic (exact) mass is 315 g/mol. The summed E-state index contributed by atoms with van der Waals surface area (Å²) in [6.45, 7) is 2.25. The Balaban J connectivity index is 1.36. The molecule has 3 rings (SSSR count). The third kappa shape index (κ3) is 4.30. The highest BCUT2D eigenvalue weighted by molar-refractivity contribution is 8.01. The SMILES string of the molecule is c1ccc(C[NH2+]CCCSc2nc3ccccc3s2)cc1. The topological polar surface area (TPSA) is 29.5 Å². The van der Waals surface area contributed by atoms with E-state index >= 15 is 0 Å². The van der Waals surface area contributed by atoms with Crippen LogP contribution in [0.4, 0.5) is 0 Å². The number of para-hydroxylation sites is 1. The van der Waals surface area contributed by atoms with Crippen molar-refractivity contribution < 1.29 is 5.32 Å². The predicted molar refractivity (Wildman–Crippen MR) is 91.9 cm³/mol. The van der Waals surface area contributed by atoms with Crippen molar-refractivity contribution in [2.24, 2.45) is 0 Å². The van der Waals surface area contributed by atoms with E-state index in [4.69, 9.17) is 0 Å². The van der Waals surface area contributed by atoms with Crippen LogP contribution in [0.5, 0.6) is 0 Å². The Morgan fingerprint density at radius 1 is 1.00 bits per heavy atom. The largest absolute Gasteiger partial charge is 0.342 e. The number of thiazole rings is 1. The molecular formula is C17H19N2S2+. The van der Waals surface area contributed by atoms with Gasteiger partial charge in [-0.05, 0) is 12.1 Å². The van der Waals surface area contributed by atoms with Gasteiger partial charge in [-0.15, -0.1) is 11.3 Å². The van der Waals surface area contributed by atoms with E-state index in [9.17, 15) is 0 Å². The Morgan fingerprint density at radius 2 is 1.81 bits per heavy atom. The van der Waals surface area contributed by atoms with Gasteiger partial charge in [-0.1, -0.05) is 54.2 Å². The summed E-state index contributed by atoms with van der Waals surface area (Å²) in [5.74, 6) is 1.14. The minimum absolute atomic E-state index is 1.08. The second-order valence-corrected chi connectivity index (χ2v) is 7.29. The second kappa shape index (κ2) is 7.59. The number of hydrogen-bond donors (Lipinski definition) is 1. The first-order valence-corrected chi connectivity index (χ1v) is 9.06. The van der Waals surface area contributed by atoms with Gasteiger partial charge in [0, 0.05) is 17.7 Å². The van der Waals surface area contributed by atoms with Gasteiger partial charge in [-0.3, -0.25) is 0 Å². The Bertz CT molecular complexity index is 646. The zero-order valence-electron chi connectivity index (χ0n) is 11.9. The molecule has 0 unspecified atom stereocenters. The number of benzene rings is 2. The van der Waals surface area contributed by atoms with Crippen molar-refractivity contribution in [2.45, 2.75) is 17.3 Å². The summed E-state index contributed by atoms with van der Waals surface area (Å²) in [5, 5.41) is 2.38. The summed E-state index contributed by atoms with van der Waals surface area (Å²) in [4.78, 5) is 4.65. The molecule has 4 heteroatoms. The molecule has 0 radical (unpaired) electrons. The zero-order valence-corrected chi connectivity index (χ0v) is 13.5. The van der Waals surface area contributed by atoms with Crippen molar-refractivity contribution in [1.29, 1.82) is 0 Å². The lowest BCUT2D eigenvalue weighted by Gasteiger charge is -2.01. The van der Waals surface area contributed by atoms with Gasteiger partial charge in [0.2, 0.25) is 0 Å². The van der Waals surface area contributed by atoms with Crippen LogP contribution < -0.4 is 5.32 Å². The highest BCUT2D eigenvalue weighted by Crippen LogP contribution is 2.29. The van der Waals surface area contributed by atoms with E-state index in [0.29, 0.717) is 0 Å². The van der Waals surface area contributed by atoms with Crippen LogP contribution in [0, 0.1) is 0 Å². The molecule has 1 heterocycles. The van der Waals surface area contributed by atoms with Gasteiger partial charge in [0.1, 0.15) is 6.54 Å². The van der Waals surface area contributed by atoms with Crippen molar-refractivity contribution in [1.82, 2.24) is 4.98 Å². The summed E-state index contributed by atoms with van der Waals surface area (Å²) in [6, 6.07) is 19.0. The standard InChI is InChI=1S/C17H18N2S2/c1-2-7-14(8-3-1)13-18-11-6-12-20-17-19-15-9-4-5-10-16(15)21-17/h1-5,7-10,18H,6,11-13H2/p+1. The molecule has 2 N–H and O–H groups in total. The van der Waals surface area contributed by atoms with Crippen LogP contribution in [0.1, 0.15) is 12.0 Å². The maximum atomic E-state index is 4.65. The minimum Gasteiger partial charge on any atom is -0.342 e. The van der Waals surface area contributed by atoms with Crippen molar-refractivity contribution in [3.8, 4) is 0 Å². The van der Waals surface area contributed by atoms with Gasteiger partial charge in [0.05, 0.1) is 16.8 Å². The molecule has 108 valence electrons. The molecule has 0 saturated heterocycles. The maximum absolute atomic E-state index is 4.65. The Labute approximate surface area is 133 Å². The molecule has 0 fully saturated rings. The molecule has 2 nitrogen and oxygen atoms in total. The molecular weight excluding hydrogens is 296 g/mol. The third-order valence-electron chi connectivity index (χ3n) is 3.28. The van der Waals surface area contributed by atoms with Crippen LogP contribution in [0.2, 0.25) is 0 Å². The average Bonchev–Trinajstić information content (AvgIpc) is 2.94. The summed E-state index contributed by atoms with van der Waals surface area (Å²) in [5.41, 5.74) is 2.52. The molecule has 0 amide bonds. The number of aromatic nitrogens is 1. The number of fused-ring (bicyclic) bond motifs is 1. The molecule has 0 spiro atoms. The molecule has 2 aromatic carbocycles. The molecule has 3 aromatic rings. The van der Waals surface area contributed by atoms with Gasteiger partial charge in [-0.2, -0.15) is 0 Å². The molecule has 0 aliphatic rings. The number of thioether (sulfide) groups is 1. The van der Waals surface area contributed by atoms with Crippen LogP contribution >= 0.6 is 23.1 Å². The smallest absolute Gasteiger partial charge is 0.151 e. The van der Waals surface area contributed by atoms with Crippen molar-refractivity contribution in [2.75, 3.05) is 12.3 Å². The number of nitrogens with zero attached hydrogens (tertiary/aromatic N) is 1. The first kappa shape index (κ1) is 14.6. The average molecular weight is 315 g/mol. The molecule has 1 aromatic heterocycles. The Hall–Kier alpha value is -1.36. The fourth-order valence-corrected chi connectivity index (χ4v) is 4.28. The number of nitrogens with two attached hydrogens (primary N) is 1. The number of hydrogen-bond acceptors (Lipinski definition) is 3. The van der Waals surface area contributed by atoms with E-state index in [1.54, 1.807) is 11.3 Å². The van der Waals surface area contributed by atoms with Crippen molar-refractivity contribution in [3.05, 3.63) is 60.2 Å². The van der Waals surface area contributed by atoms with E-state index in [2.05, 4.69) is 64.9 Å². The van der Waals surface area contributed by atoms with E-state index in [-0.39, 0.29) is 0 Å². The lowest BCUT2D eigenvalue weighted by atomic mass is 10.2. The van der Waals surface area contributed by atoms with Crippen LogP contribution in [0.3, 0.4) is 0 Å². The molecule has 0 aliphatic heterocycles. The van der Waals surface area contributed by atoms with Crippen LogP contribution in [0.15, 0.2) is 58.9 Å². The highest BCUT2D eigenvalue weighted by atomic mass is 32.2. The van der Waals surface area contributed by atoms with Crippen molar-refractivity contribution in [3.63, 3.8) is 0 Å². The van der Waals surface area contributed by atoms with Gasteiger partial charge in [0.25, 0.3) is 0 Å². The van der Waals surface area contributed by atoms with Crippen molar-refractivity contribution >= 4 is 33.3 Å². The van der Waals surface area contributed by atoms with E-state index in [1.165, 1.54) is 27.6 Å². The highest BCUT2D eigenvalue weighted by Gasteiger charge is 2.03. The second-order valence-electron chi connectivity index (χ2n) is 4.92. The maximum Gasteiger partial charge on any atom is 0.151 e. The van der Waals surface area contributed by atoms with E-state index in [1.807, 2.05) is 11.8 Å². The zero-order chi connectivity index (χ0) is 14.3. The van der Waals surface area contributed by atoms with Gasteiger partial charge >= 0.3 is 0 Å². The van der Waals surface area contributed by atoms with Crippen LogP contribution in [-0.4, -0.2) is 17.3 Å². The first-order chi connectivity index (χ1) is 10.4. The summed E-state index contributed by atoms with van der Waals surface area (Å²) in [7, 11) is 0. The molecule has 0 bridgehead atoms. The Kier molecular flexibility index (Phi) is 5.27. The summed E-state index contributed by atoms with van der Waals surface area (Å²) < 4.78 is 2.48. The van der Waals surface area contributed by atoms with E-state index < -0.39 is 0 Å². The van der Waals surface area contributed by atoms with Crippen LogP contribution in [0.25, 0.3) is 10.2 Å². The molecule has 0 saturated carbocycles. The number of quaternary nitrogens is 1. The fourth-order valence-electron chi connectivity index (χ4n) is 2.18. The summed E-state index contributed by atoms with van der Waals surface area (Å²) >= 11 is 3.68. The summed E-state index contributed by atoms with van der Waals surface area (Å²) in [6.07, 6.45) is 1.22.